The lowest BCUT2D eigenvalue weighted by Gasteiger charge is -2.34. The fraction of sp³-hybridized carbons (Fsp3) is 0.389. The SMILES string of the molecule is COc1cc(C(=O)N2CCN(C(=O)c3cnn(C)c3)CC2)ccc1C. The van der Waals surface area contributed by atoms with Gasteiger partial charge in [-0.3, -0.25) is 14.3 Å². The Morgan fingerprint density at radius 1 is 1.04 bits per heavy atom. The molecule has 7 heteroatoms. The lowest BCUT2D eigenvalue weighted by molar-refractivity contribution is 0.0535. The minimum Gasteiger partial charge on any atom is -0.496 e. The van der Waals surface area contributed by atoms with Gasteiger partial charge >= 0.3 is 0 Å². The predicted octanol–water partition coefficient (Wildman–Crippen LogP) is 1.34. The van der Waals surface area contributed by atoms with Gasteiger partial charge in [0, 0.05) is 45.0 Å². The quantitative estimate of drug-likeness (QED) is 0.844. The number of rotatable bonds is 3. The Balaban J connectivity index is 1.64. The summed E-state index contributed by atoms with van der Waals surface area (Å²) in [4.78, 5) is 28.7. The first kappa shape index (κ1) is 17.0. The van der Waals surface area contributed by atoms with E-state index in [1.54, 1.807) is 47.1 Å². The second kappa shape index (κ2) is 6.96. The maximum atomic E-state index is 12.7. The third-order valence-corrected chi connectivity index (χ3v) is 4.46. The van der Waals surface area contributed by atoms with Gasteiger partial charge in [-0.1, -0.05) is 6.07 Å². The van der Waals surface area contributed by atoms with Crippen molar-refractivity contribution in [2.75, 3.05) is 33.3 Å². The fourth-order valence-electron chi connectivity index (χ4n) is 2.96. The second-order valence-corrected chi connectivity index (χ2v) is 6.17. The molecule has 1 aromatic carbocycles. The first-order valence-corrected chi connectivity index (χ1v) is 8.21. The lowest BCUT2D eigenvalue weighted by atomic mass is 10.1. The Hall–Kier alpha value is -2.83. The van der Waals surface area contributed by atoms with Gasteiger partial charge in [-0.05, 0) is 24.6 Å². The highest BCUT2D eigenvalue weighted by Gasteiger charge is 2.26. The third-order valence-electron chi connectivity index (χ3n) is 4.46. The van der Waals surface area contributed by atoms with Crippen molar-refractivity contribution in [3.63, 3.8) is 0 Å². The molecule has 0 N–H and O–H groups in total. The Bertz CT molecular complexity index is 791. The molecule has 132 valence electrons. The van der Waals surface area contributed by atoms with Gasteiger partial charge in [0.2, 0.25) is 0 Å². The molecule has 2 aromatic rings. The highest BCUT2D eigenvalue weighted by atomic mass is 16.5. The number of piperazine rings is 1. The number of hydrogen-bond donors (Lipinski definition) is 0. The zero-order chi connectivity index (χ0) is 18.0. The highest BCUT2D eigenvalue weighted by molar-refractivity contribution is 5.96. The molecule has 1 saturated heterocycles. The van der Waals surface area contributed by atoms with Gasteiger partial charge in [0.05, 0.1) is 18.9 Å². The van der Waals surface area contributed by atoms with Crippen LogP contribution in [0.5, 0.6) is 5.75 Å². The van der Waals surface area contributed by atoms with Crippen LogP contribution >= 0.6 is 0 Å². The minimum absolute atomic E-state index is 0.0354. The fourth-order valence-corrected chi connectivity index (χ4v) is 2.96. The van der Waals surface area contributed by atoms with Crippen LogP contribution < -0.4 is 4.74 Å². The van der Waals surface area contributed by atoms with Crippen LogP contribution in [0.2, 0.25) is 0 Å². The van der Waals surface area contributed by atoms with E-state index in [1.807, 2.05) is 19.1 Å². The predicted molar refractivity (Wildman–Crippen MR) is 92.7 cm³/mol. The molecule has 0 bridgehead atoms. The second-order valence-electron chi connectivity index (χ2n) is 6.17. The molecule has 0 spiro atoms. The molecule has 0 aliphatic carbocycles. The minimum atomic E-state index is -0.0443. The van der Waals surface area contributed by atoms with E-state index in [2.05, 4.69) is 5.10 Å². The molecule has 1 aliphatic heterocycles. The van der Waals surface area contributed by atoms with E-state index in [1.165, 1.54) is 0 Å². The lowest BCUT2D eigenvalue weighted by Crippen LogP contribution is -2.50. The smallest absolute Gasteiger partial charge is 0.257 e. The van der Waals surface area contributed by atoms with Crippen LogP contribution in [0, 0.1) is 6.92 Å². The third kappa shape index (κ3) is 3.50. The zero-order valence-electron chi connectivity index (χ0n) is 14.7. The van der Waals surface area contributed by atoms with E-state index < -0.39 is 0 Å². The summed E-state index contributed by atoms with van der Waals surface area (Å²) in [5, 5.41) is 4.03. The topological polar surface area (TPSA) is 67.7 Å². The van der Waals surface area contributed by atoms with E-state index in [0.717, 1.165) is 5.56 Å². The van der Waals surface area contributed by atoms with Crippen molar-refractivity contribution in [1.82, 2.24) is 19.6 Å². The number of amides is 2. The van der Waals surface area contributed by atoms with Crippen LogP contribution in [0.1, 0.15) is 26.3 Å². The van der Waals surface area contributed by atoms with E-state index in [-0.39, 0.29) is 11.8 Å². The highest BCUT2D eigenvalue weighted by Crippen LogP contribution is 2.20. The Kier molecular flexibility index (Phi) is 4.74. The van der Waals surface area contributed by atoms with Gasteiger partial charge < -0.3 is 14.5 Å². The van der Waals surface area contributed by atoms with Gasteiger partial charge in [0.15, 0.2) is 0 Å². The van der Waals surface area contributed by atoms with Crippen molar-refractivity contribution in [1.29, 1.82) is 0 Å². The molecule has 0 unspecified atom stereocenters. The van der Waals surface area contributed by atoms with Crippen molar-refractivity contribution < 1.29 is 14.3 Å². The van der Waals surface area contributed by atoms with Crippen molar-refractivity contribution in [2.24, 2.45) is 7.05 Å². The molecule has 1 aliphatic rings. The maximum absolute atomic E-state index is 12.7. The number of benzene rings is 1. The van der Waals surface area contributed by atoms with Crippen LogP contribution in [0.25, 0.3) is 0 Å². The number of aromatic nitrogens is 2. The standard InChI is InChI=1S/C18H22N4O3/c1-13-4-5-14(10-16(13)25-3)17(23)21-6-8-22(9-7-21)18(24)15-11-19-20(2)12-15/h4-5,10-12H,6-9H2,1-3H3. The number of carbonyl (C=O) groups is 2. The molecule has 0 radical (unpaired) electrons. The van der Waals surface area contributed by atoms with E-state index in [0.29, 0.717) is 43.1 Å². The van der Waals surface area contributed by atoms with Crippen LogP contribution in [0.4, 0.5) is 0 Å². The Morgan fingerprint density at radius 2 is 1.64 bits per heavy atom. The van der Waals surface area contributed by atoms with Gasteiger partial charge in [-0.15, -0.1) is 0 Å². The zero-order valence-corrected chi connectivity index (χ0v) is 14.7. The summed E-state index contributed by atoms with van der Waals surface area (Å²) in [6.07, 6.45) is 3.27. The van der Waals surface area contributed by atoms with Crippen LogP contribution in [0.3, 0.4) is 0 Å². The van der Waals surface area contributed by atoms with Crippen LogP contribution in [0.15, 0.2) is 30.6 Å². The number of nitrogens with zero attached hydrogens (tertiary/aromatic N) is 4. The number of carbonyl (C=O) groups excluding carboxylic acids is 2. The van der Waals surface area contributed by atoms with Gasteiger partial charge in [-0.2, -0.15) is 5.10 Å². The average Bonchev–Trinajstić information content (AvgIpc) is 3.07. The van der Waals surface area contributed by atoms with Crippen molar-refractivity contribution in [2.45, 2.75) is 6.92 Å². The van der Waals surface area contributed by atoms with E-state index in [4.69, 9.17) is 4.74 Å². The number of hydrogen-bond acceptors (Lipinski definition) is 4. The summed E-state index contributed by atoms with van der Waals surface area (Å²) in [6, 6.07) is 5.46. The summed E-state index contributed by atoms with van der Waals surface area (Å²) < 4.78 is 6.90. The molecule has 2 amide bonds. The van der Waals surface area contributed by atoms with Crippen molar-refractivity contribution in [3.8, 4) is 5.75 Å². The number of aryl methyl sites for hydroxylation is 2. The molecule has 3 rings (SSSR count). The largest absolute Gasteiger partial charge is 0.496 e. The van der Waals surface area contributed by atoms with Crippen molar-refractivity contribution >= 4 is 11.8 Å². The molecular formula is C18H22N4O3. The Morgan fingerprint density at radius 3 is 2.16 bits per heavy atom. The monoisotopic (exact) mass is 342 g/mol. The molecule has 0 atom stereocenters. The molecule has 0 saturated carbocycles. The number of methoxy groups -OCH3 is 1. The summed E-state index contributed by atoms with van der Waals surface area (Å²) in [7, 11) is 3.38. The molecule has 2 heterocycles. The summed E-state index contributed by atoms with van der Waals surface area (Å²) in [6.45, 7) is 4.00. The van der Waals surface area contributed by atoms with Crippen LogP contribution in [-0.2, 0) is 7.05 Å². The van der Waals surface area contributed by atoms with Gasteiger partial charge in [0.1, 0.15) is 5.75 Å². The van der Waals surface area contributed by atoms with Gasteiger partial charge in [0.25, 0.3) is 11.8 Å². The molecule has 1 aromatic heterocycles. The molecule has 25 heavy (non-hydrogen) atoms. The normalized spacial score (nSPS) is 14.5. The summed E-state index contributed by atoms with van der Waals surface area (Å²) in [5.41, 5.74) is 2.17. The first-order valence-electron chi connectivity index (χ1n) is 8.21. The Labute approximate surface area is 146 Å². The van der Waals surface area contributed by atoms with E-state index in [9.17, 15) is 9.59 Å². The van der Waals surface area contributed by atoms with Crippen LogP contribution in [-0.4, -0.2) is 64.7 Å². The molecule has 7 nitrogen and oxygen atoms in total. The number of ether oxygens (including phenoxy) is 1. The maximum Gasteiger partial charge on any atom is 0.257 e. The summed E-state index contributed by atoms with van der Waals surface area (Å²) >= 11 is 0. The molecule has 1 fully saturated rings. The van der Waals surface area contributed by atoms with Crippen molar-refractivity contribution in [3.05, 3.63) is 47.3 Å². The average molecular weight is 342 g/mol. The van der Waals surface area contributed by atoms with Gasteiger partial charge in [-0.25, -0.2) is 0 Å². The first-order chi connectivity index (χ1) is 12.0. The van der Waals surface area contributed by atoms with E-state index >= 15 is 0 Å². The molecular weight excluding hydrogens is 320 g/mol. The summed E-state index contributed by atoms with van der Waals surface area (Å²) in [5.74, 6) is 0.625.